The molecule has 0 aromatic heterocycles. The average molecular weight is 195 g/mol. The van der Waals surface area contributed by atoms with Gasteiger partial charge in [-0.05, 0) is 44.4 Å². The Bertz CT molecular complexity index is 324. The highest BCUT2D eigenvalue weighted by Gasteiger charge is 2.19. The lowest BCUT2D eigenvalue weighted by atomic mass is 9.93. The number of alkyl halides is 1. The third-order valence-corrected chi connectivity index (χ3v) is 2.46. The topological polar surface area (TPSA) is 26.0 Å². The summed E-state index contributed by atoms with van der Waals surface area (Å²) in [4.78, 5) is 0. The summed E-state index contributed by atoms with van der Waals surface area (Å²) in [5.41, 5.74) is 7.34. The van der Waals surface area contributed by atoms with Gasteiger partial charge in [-0.25, -0.2) is 4.39 Å². The molecule has 0 aliphatic rings. The lowest BCUT2D eigenvalue weighted by Gasteiger charge is -2.18. The first-order chi connectivity index (χ1) is 6.32. The van der Waals surface area contributed by atoms with Crippen molar-refractivity contribution in [2.24, 2.45) is 5.73 Å². The Morgan fingerprint density at radius 3 is 2.36 bits per heavy atom. The normalized spacial score (nSPS) is 14.1. The first-order valence-corrected chi connectivity index (χ1v) is 4.88. The molecule has 1 aromatic rings. The lowest BCUT2D eigenvalue weighted by Crippen LogP contribution is -2.13. The van der Waals surface area contributed by atoms with Crippen LogP contribution in [0.5, 0.6) is 0 Å². The molecule has 0 bridgehead atoms. The minimum atomic E-state index is -1.29. The van der Waals surface area contributed by atoms with Crippen LogP contribution in [0.15, 0.2) is 18.2 Å². The molecule has 1 atom stereocenters. The van der Waals surface area contributed by atoms with Gasteiger partial charge in [0.25, 0.3) is 0 Å². The largest absolute Gasteiger partial charge is 0.324 e. The molecule has 0 fully saturated rings. The van der Waals surface area contributed by atoms with Crippen molar-refractivity contribution in [2.75, 3.05) is 0 Å². The molecular weight excluding hydrogens is 177 g/mol. The van der Waals surface area contributed by atoms with Gasteiger partial charge in [-0.15, -0.1) is 0 Å². The summed E-state index contributed by atoms with van der Waals surface area (Å²) in [6.45, 7) is 7.02. The zero-order valence-electron chi connectivity index (χ0n) is 9.26. The second-order valence-electron chi connectivity index (χ2n) is 4.33. The van der Waals surface area contributed by atoms with Crippen LogP contribution in [-0.2, 0) is 5.67 Å². The fraction of sp³-hybridized carbons (Fsp3) is 0.500. The summed E-state index contributed by atoms with van der Waals surface area (Å²) in [6.07, 6.45) is 0. The summed E-state index contributed by atoms with van der Waals surface area (Å²) >= 11 is 0. The molecule has 0 amide bonds. The maximum Gasteiger partial charge on any atom is 0.130 e. The molecule has 2 heteroatoms. The third-order valence-electron chi connectivity index (χ3n) is 2.46. The molecule has 14 heavy (non-hydrogen) atoms. The molecule has 0 saturated carbocycles. The molecule has 0 heterocycles. The molecule has 0 radical (unpaired) electrons. The number of hydrogen-bond donors (Lipinski definition) is 1. The van der Waals surface area contributed by atoms with E-state index in [0.717, 1.165) is 11.1 Å². The Balaban J connectivity index is 3.20. The van der Waals surface area contributed by atoms with Crippen LogP contribution < -0.4 is 5.73 Å². The van der Waals surface area contributed by atoms with Gasteiger partial charge < -0.3 is 5.73 Å². The van der Waals surface area contributed by atoms with Crippen LogP contribution in [0.3, 0.4) is 0 Å². The fourth-order valence-electron chi connectivity index (χ4n) is 1.50. The predicted octanol–water partition coefficient (Wildman–Crippen LogP) is 3.22. The van der Waals surface area contributed by atoms with Gasteiger partial charge in [0.05, 0.1) is 0 Å². The van der Waals surface area contributed by atoms with Crippen LogP contribution in [0.1, 0.15) is 43.5 Å². The van der Waals surface area contributed by atoms with Crippen molar-refractivity contribution in [3.63, 3.8) is 0 Å². The van der Waals surface area contributed by atoms with E-state index in [1.165, 1.54) is 0 Å². The van der Waals surface area contributed by atoms with Gasteiger partial charge in [0.15, 0.2) is 0 Å². The SMILES string of the molecule is Cc1ccc(C(C)(C)F)cc1C(C)N. The Morgan fingerprint density at radius 1 is 1.36 bits per heavy atom. The summed E-state index contributed by atoms with van der Waals surface area (Å²) in [7, 11) is 0. The van der Waals surface area contributed by atoms with Crippen molar-refractivity contribution in [1.82, 2.24) is 0 Å². The number of hydrogen-bond acceptors (Lipinski definition) is 1. The molecule has 78 valence electrons. The van der Waals surface area contributed by atoms with E-state index in [1.54, 1.807) is 13.8 Å². The first-order valence-electron chi connectivity index (χ1n) is 4.88. The van der Waals surface area contributed by atoms with E-state index in [1.807, 2.05) is 32.0 Å². The maximum absolute atomic E-state index is 13.7. The van der Waals surface area contributed by atoms with Crippen LogP contribution in [0.2, 0.25) is 0 Å². The van der Waals surface area contributed by atoms with Gasteiger partial charge in [0, 0.05) is 6.04 Å². The second-order valence-corrected chi connectivity index (χ2v) is 4.33. The first kappa shape index (κ1) is 11.2. The zero-order valence-corrected chi connectivity index (χ0v) is 9.26. The Hall–Kier alpha value is -0.890. The van der Waals surface area contributed by atoms with Crippen molar-refractivity contribution in [2.45, 2.75) is 39.4 Å². The van der Waals surface area contributed by atoms with Gasteiger partial charge in [-0.2, -0.15) is 0 Å². The van der Waals surface area contributed by atoms with Crippen LogP contribution in [0, 0.1) is 6.92 Å². The quantitative estimate of drug-likeness (QED) is 0.770. The molecule has 1 nitrogen and oxygen atoms in total. The standard InChI is InChI=1S/C12H18FN/c1-8-5-6-10(12(3,4)13)7-11(8)9(2)14/h5-7,9H,14H2,1-4H3. The Labute approximate surface area is 85.1 Å². The number of aryl methyl sites for hydroxylation is 1. The highest BCUT2D eigenvalue weighted by molar-refractivity contribution is 5.35. The van der Waals surface area contributed by atoms with Crippen molar-refractivity contribution < 1.29 is 4.39 Å². The smallest absolute Gasteiger partial charge is 0.130 e. The second kappa shape index (κ2) is 3.70. The van der Waals surface area contributed by atoms with Crippen molar-refractivity contribution in [1.29, 1.82) is 0 Å². The van der Waals surface area contributed by atoms with E-state index >= 15 is 0 Å². The van der Waals surface area contributed by atoms with Crippen LogP contribution >= 0.6 is 0 Å². The van der Waals surface area contributed by atoms with Crippen molar-refractivity contribution in [3.05, 3.63) is 34.9 Å². The minimum Gasteiger partial charge on any atom is -0.324 e. The molecule has 2 N–H and O–H groups in total. The Kier molecular flexibility index (Phi) is 2.95. The van der Waals surface area contributed by atoms with Gasteiger partial charge in [-0.1, -0.05) is 18.2 Å². The van der Waals surface area contributed by atoms with Gasteiger partial charge in [0.2, 0.25) is 0 Å². The molecule has 0 aliphatic heterocycles. The van der Waals surface area contributed by atoms with Gasteiger partial charge >= 0.3 is 0 Å². The van der Waals surface area contributed by atoms with Gasteiger partial charge in [0.1, 0.15) is 5.67 Å². The molecule has 0 spiro atoms. The zero-order chi connectivity index (χ0) is 10.9. The number of rotatable bonds is 2. The lowest BCUT2D eigenvalue weighted by molar-refractivity contribution is 0.221. The monoisotopic (exact) mass is 195 g/mol. The van der Waals surface area contributed by atoms with E-state index in [-0.39, 0.29) is 6.04 Å². The van der Waals surface area contributed by atoms with E-state index in [0.29, 0.717) is 5.56 Å². The molecule has 1 unspecified atom stereocenters. The van der Waals surface area contributed by atoms with E-state index in [2.05, 4.69) is 0 Å². The third kappa shape index (κ3) is 2.32. The molecule has 0 aliphatic carbocycles. The molecule has 1 rings (SSSR count). The van der Waals surface area contributed by atoms with Gasteiger partial charge in [-0.3, -0.25) is 0 Å². The van der Waals surface area contributed by atoms with Crippen molar-refractivity contribution in [3.8, 4) is 0 Å². The summed E-state index contributed by atoms with van der Waals surface area (Å²) in [5.74, 6) is 0. The number of halogens is 1. The number of benzene rings is 1. The average Bonchev–Trinajstić information content (AvgIpc) is 2.02. The number of nitrogens with two attached hydrogens (primary N) is 1. The summed E-state index contributed by atoms with van der Waals surface area (Å²) < 4.78 is 13.7. The molecular formula is C12H18FN. The predicted molar refractivity (Wildman–Crippen MR) is 57.9 cm³/mol. The minimum absolute atomic E-state index is 0.0442. The molecule has 1 aromatic carbocycles. The maximum atomic E-state index is 13.7. The fourth-order valence-corrected chi connectivity index (χ4v) is 1.50. The van der Waals surface area contributed by atoms with Crippen LogP contribution in [-0.4, -0.2) is 0 Å². The highest BCUT2D eigenvalue weighted by atomic mass is 19.1. The Morgan fingerprint density at radius 2 is 1.93 bits per heavy atom. The summed E-state index contributed by atoms with van der Waals surface area (Å²) in [6, 6.07) is 5.56. The van der Waals surface area contributed by atoms with Crippen LogP contribution in [0.25, 0.3) is 0 Å². The van der Waals surface area contributed by atoms with E-state index in [4.69, 9.17) is 5.73 Å². The van der Waals surface area contributed by atoms with E-state index < -0.39 is 5.67 Å². The van der Waals surface area contributed by atoms with Crippen molar-refractivity contribution >= 4 is 0 Å². The highest BCUT2D eigenvalue weighted by Crippen LogP contribution is 2.27. The van der Waals surface area contributed by atoms with E-state index in [9.17, 15) is 4.39 Å². The summed E-state index contributed by atoms with van der Waals surface area (Å²) in [5, 5.41) is 0. The molecule has 0 saturated heterocycles. The van der Waals surface area contributed by atoms with Crippen LogP contribution in [0.4, 0.5) is 4.39 Å².